The SMILES string of the molecule is C=CCCn1nc(C)c(S(=O)(=O)Cl)c1C. The van der Waals surface area contributed by atoms with Crippen LogP contribution in [0.3, 0.4) is 0 Å². The molecule has 0 amide bonds. The van der Waals surface area contributed by atoms with Crippen molar-refractivity contribution in [1.82, 2.24) is 9.78 Å². The van der Waals surface area contributed by atoms with E-state index < -0.39 is 9.05 Å². The lowest BCUT2D eigenvalue weighted by Crippen LogP contribution is -2.02. The van der Waals surface area contributed by atoms with Gasteiger partial charge < -0.3 is 0 Å². The minimum Gasteiger partial charge on any atom is -0.268 e. The maximum absolute atomic E-state index is 11.3. The quantitative estimate of drug-likeness (QED) is 0.605. The molecule has 0 aromatic carbocycles. The van der Waals surface area contributed by atoms with Crippen molar-refractivity contribution in [2.24, 2.45) is 0 Å². The number of aromatic nitrogens is 2. The van der Waals surface area contributed by atoms with Crippen LogP contribution in [0.4, 0.5) is 0 Å². The van der Waals surface area contributed by atoms with Gasteiger partial charge in [0.15, 0.2) is 0 Å². The van der Waals surface area contributed by atoms with Crippen molar-refractivity contribution in [3.8, 4) is 0 Å². The molecule has 4 nitrogen and oxygen atoms in total. The van der Waals surface area contributed by atoms with E-state index in [1.807, 2.05) is 0 Å². The molecule has 0 radical (unpaired) electrons. The van der Waals surface area contributed by atoms with Gasteiger partial charge in [-0.25, -0.2) is 8.42 Å². The fourth-order valence-corrected chi connectivity index (χ4v) is 2.99. The Balaban J connectivity index is 3.21. The van der Waals surface area contributed by atoms with Crippen molar-refractivity contribution in [3.05, 3.63) is 24.0 Å². The lowest BCUT2D eigenvalue weighted by molar-refractivity contribution is 0.596. The average Bonchev–Trinajstić information content (AvgIpc) is 2.36. The summed E-state index contributed by atoms with van der Waals surface area (Å²) in [5.74, 6) is 0. The summed E-state index contributed by atoms with van der Waals surface area (Å²) in [7, 11) is 1.61. The molecule has 84 valence electrons. The van der Waals surface area contributed by atoms with Gasteiger partial charge in [0.2, 0.25) is 0 Å². The number of aryl methyl sites for hydroxylation is 2. The standard InChI is InChI=1S/C9H13ClN2O2S/c1-4-5-6-12-8(3)9(7(2)11-12)15(10,13)14/h4H,1,5-6H2,2-3H3. The summed E-state index contributed by atoms with van der Waals surface area (Å²) in [6.07, 6.45) is 2.50. The molecule has 0 aliphatic heterocycles. The predicted molar refractivity (Wildman–Crippen MR) is 59.6 cm³/mol. The fraction of sp³-hybridized carbons (Fsp3) is 0.444. The molecular weight excluding hydrogens is 236 g/mol. The third-order valence-electron chi connectivity index (χ3n) is 2.10. The van der Waals surface area contributed by atoms with Crippen LogP contribution in [0.25, 0.3) is 0 Å². The van der Waals surface area contributed by atoms with Crippen molar-refractivity contribution in [3.63, 3.8) is 0 Å². The summed E-state index contributed by atoms with van der Waals surface area (Å²) in [4.78, 5) is 0.119. The highest BCUT2D eigenvalue weighted by molar-refractivity contribution is 8.13. The van der Waals surface area contributed by atoms with Gasteiger partial charge in [-0.05, 0) is 20.3 Å². The Bertz CT molecular complexity index is 477. The van der Waals surface area contributed by atoms with Gasteiger partial charge in [-0.1, -0.05) is 6.08 Å². The molecule has 0 saturated carbocycles. The monoisotopic (exact) mass is 248 g/mol. The minimum atomic E-state index is -3.71. The first-order valence-corrected chi connectivity index (χ1v) is 6.78. The summed E-state index contributed by atoms with van der Waals surface area (Å²) in [6.45, 7) is 7.54. The van der Waals surface area contributed by atoms with E-state index in [2.05, 4.69) is 11.7 Å². The van der Waals surface area contributed by atoms with Gasteiger partial charge in [0.25, 0.3) is 9.05 Å². The van der Waals surface area contributed by atoms with Crippen molar-refractivity contribution >= 4 is 19.7 Å². The molecule has 0 bridgehead atoms. The van der Waals surface area contributed by atoms with Gasteiger partial charge >= 0.3 is 0 Å². The maximum atomic E-state index is 11.3. The molecule has 0 aliphatic rings. The highest BCUT2D eigenvalue weighted by Crippen LogP contribution is 2.23. The van der Waals surface area contributed by atoms with Gasteiger partial charge in [0.05, 0.1) is 11.4 Å². The van der Waals surface area contributed by atoms with Gasteiger partial charge in [-0.2, -0.15) is 5.10 Å². The summed E-state index contributed by atoms with van der Waals surface area (Å²) in [5.41, 5.74) is 1.01. The Morgan fingerprint density at radius 3 is 2.53 bits per heavy atom. The van der Waals surface area contributed by atoms with E-state index in [4.69, 9.17) is 10.7 Å². The third kappa shape index (κ3) is 2.60. The van der Waals surface area contributed by atoms with Crippen molar-refractivity contribution in [2.45, 2.75) is 31.7 Å². The second-order valence-electron chi connectivity index (χ2n) is 3.24. The Morgan fingerprint density at radius 2 is 2.13 bits per heavy atom. The topological polar surface area (TPSA) is 52.0 Å². The van der Waals surface area contributed by atoms with Gasteiger partial charge in [0, 0.05) is 17.2 Å². The van der Waals surface area contributed by atoms with E-state index in [0.717, 1.165) is 6.42 Å². The second kappa shape index (κ2) is 4.37. The smallest absolute Gasteiger partial charge is 0.264 e. The van der Waals surface area contributed by atoms with Crippen LogP contribution in [0.5, 0.6) is 0 Å². The maximum Gasteiger partial charge on any atom is 0.264 e. The van der Waals surface area contributed by atoms with Gasteiger partial charge in [0.1, 0.15) is 4.90 Å². The molecule has 0 unspecified atom stereocenters. The van der Waals surface area contributed by atoms with Crippen LogP contribution >= 0.6 is 10.7 Å². The second-order valence-corrected chi connectivity index (χ2v) is 5.74. The Hall–Kier alpha value is -0.810. The number of allylic oxidation sites excluding steroid dienone is 1. The zero-order valence-electron chi connectivity index (χ0n) is 8.70. The molecule has 15 heavy (non-hydrogen) atoms. The summed E-state index contributed by atoms with van der Waals surface area (Å²) in [6, 6.07) is 0. The molecule has 6 heteroatoms. The van der Waals surface area contributed by atoms with Crippen LogP contribution in [0.15, 0.2) is 17.6 Å². The number of hydrogen-bond acceptors (Lipinski definition) is 3. The molecule has 1 aromatic heterocycles. The summed E-state index contributed by atoms with van der Waals surface area (Å²) < 4.78 is 24.1. The van der Waals surface area contributed by atoms with Crippen LogP contribution in [0.1, 0.15) is 17.8 Å². The average molecular weight is 249 g/mol. The lowest BCUT2D eigenvalue weighted by Gasteiger charge is -2.01. The van der Waals surface area contributed by atoms with E-state index in [-0.39, 0.29) is 4.90 Å². The number of rotatable bonds is 4. The molecule has 1 rings (SSSR count). The largest absolute Gasteiger partial charge is 0.268 e. The Kier molecular flexibility index (Phi) is 3.57. The van der Waals surface area contributed by atoms with Crippen LogP contribution in [0, 0.1) is 13.8 Å². The van der Waals surface area contributed by atoms with Crippen molar-refractivity contribution in [1.29, 1.82) is 0 Å². The highest BCUT2D eigenvalue weighted by atomic mass is 35.7. The first-order chi connectivity index (χ1) is 6.88. The first kappa shape index (κ1) is 12.3. The van der Waals surface area contributed by atoms with Crippen LogP contribution in [-0.4, -0.2) is 18.2 Å². The van der Waals surface area contributed by atoms with Crippen LogP contribution in [0.2, 0.25) is 0 Å². The van der Waals surface area contributed by atoms with Crippen LogP contribution in [-0.2, 0) is 15.6 Å². The van der Waals surface area contributed by atoms with Crippen molar-refractivity contribution < 1.29 is 8.42 Å². The summed E-state index contributed by atoms with van der Waals surface area (Å²) in [5, 5.41) is 4.12. The molecule has 0 fully saturated rings. The normalized spacial score (nSPS) is 11.7. The lowest BCUT2D eigenvalue weighted by atomic mass is 10.4. The third-order valence-corrected chi connectivity index (χ3v) is 3.65. The van der Waals surface area contributed by atoms with Gasteiger partial charge in [-0.15, -0.1) is 6.58 Å². The molecule has 1 heterocycles. The van der Waals surface area contributed by atoms with Crippen LogP contribution < -0.4 is 0 Å². The molecule has 0 spiro atoms. The minimum absolute atomic E-state index is 0.119. The van der Waals surface area contributed by atoms with Crippen molar-refractivity contribution in [2.75, 3.05) is 0 Å². The molecular formula is C9H13ClN2O2S. The molecule has 0 aliphatic carbocycles. The molecule has 0 saturated heterocycles. The summed E-state index contributed by atoms with van der Waals surface area (Å²) >= 11 is 0. The zero-order valence-corrected chi connectivity index (χ0v) is 10.3. The van der Waals surface area contributed by atoms with Gasteiger partial charge in [-0.3, -0.25) is 4.68 Å². The highest BCUT2D eigenvalue weighted by Gasteiger charge is 2.21. The Morgan fingerprint density at radius 1 is 1.53 bits per heavy atom. The number of halogens is 1. The Labute approximate surface area is 94.0 Å². The van der Waals surface area contributed by atoms with E-state index in [0.29, 0.717) is 17.9 Å². The van der Waals surface area contributed by atoms with E-state index >= 15 is 0 Å². The molecule has 1 aromatic rings. The van der Waals surface area contributed by atoms with E-state index in [9.17, 15) is 8.42 Å². The predicted octanol–water partition coefficient (Wildman–Crippen LogP) is 2.00. The zero-order chi connectivity index (χ0) is 11.6. The first-order valence-electron chi connectivity index (χ1n) is 4.47. The van der Waals surface area contributed by atoms with E-state index in [1.54, 1.807) is 24.6 Å². The fourth-order valence-electron chi connectivity index (χ4n) is 1.46. The number of hydrogen-bond donors (Lipinski definition) is 0. The molecule has 0 N–H and O–H groups in total. The number of nitrogens with zero attached hydrogens (tertiary/aromatic N) is 2. The van der Waals surface area contributed by atoms with E-state index in [1.165, 1.54) is 0 Å². The molecule has 0 atom stereocenters.